The molecule has 0 aromatic heterocycles. The molecular weight excluding hydrogens is 735 g/mol. The number of carbonyl (C=O) groups is 1. The molecule has 0 saturated heterocycles. The van der Waals surface area contributed by atoms with E-state index >= 15 is 0 Å². The number of unbranched alkanes of at least 4 members (excludes halogenated alkanes) is 29. The van der Waals surface area contributed by atoms with Gasteiger partial charge < -0.3 is 26.2 Å². The van der Waals surface area contributed by atoms with E-state index in [0.29, 0.717) is 12.8 Å². The molecule has 0 radical (unpaired) electrons. The lowest BCUT2D eigenvalue weighted by Gasteiger charge is -2.24. The number of phosphoric ester groups is 1. The van der Waals surface area contributed by atoms with Crippen LogP contribution >= 0.6 is 7.82 Å². The fourth-order valence-corrected chi connectivity index (χ4v) is 7.95. The SMILES string of the molecule is CCCCCCCCCCCCCCC/C=C/CC/C=C/C(O)C(COP(=O)(O)OCCN)NC(=O)CC(O)CCCCCCCCCCCCCCCCCC. The van der Waals surface area contributed by atoms with Crippen LogP contribution < -0.4 is 11.1 Å². The van der Waals surface area contributed by atoms with Gasteiger partial charge >= 0.3 is 7.82 Å². The maximum atomic E-state index is 12.8. The predicted molar refractivity (Wildman–Crippen MR) is 241 cm³/mol. The minimum atomic E-state index is -4.41. The van der Waals surface area contributed by atoms with E-state index in [2.05, 4.69) is 31.3 Å². The average Bonchev–Trinajstić information content (AvgIpc) is 3.19. The van der Waals surface area contributed by atoms with Crippen molar-refractivity contribution in [1.82, 2.24) is 5.32 Å². The smallest absolute Gasteiger partial charge is 0.393 e. The van der Waals surface area contributed by atoms with Crippen molar-refractivity contribution in [3.8, 4) is 0 Å². The zero-order chi connectivity index (χ0) is 41.9. The minimum Gasteiger partial charge on any atom is -0.393 e. The predicted octanol–water partition coefficient (Wildman–Crippen LogP) is 12.7. The maximum Gasteiger partial charge on any atom is 0.472 e. The summed E-state index contributed by atoms with van der Waals surface area (Å²) < 4.78 is 22.1. The fraction of sp³-hybridized carbons (Fsp3) is 0.894. The Bertz CT molecular complexity index is 966. The third-order valence-electron chi connectivity index (χ3n) is 10.8. The molecule has 0 aromatic carbocycles. The molecule has 0 rings (SSSR count). The second-order valence-corrected chi connectivity index (χ2v) is 18.0. The van der Waals surface area contributed by atoms with Gasteiger partial charge in [0, 0.05) is 6.54 Å². The zero-order valence-corrected chi connectivity index (χ0v) is 38.1. The van der Waals surface area contributed by atoms with Gasteiger partial charge in [-0.1, -0.05) is 218 Å². The minimum absolute atomic E-state index is 0.0462. The highest BCUT2D eigenvalue weighted by molar-refractivity contribution is 7.47. The molecule has 9 nitrogen and oxygen atoms in total. The first kappa shape index (κ1) is 55.9. The van der Waals surface area contributed by atoms with E-state index in [1.807, 2.05) is 6.08 Å². The van der Waals surface area contributed by atoms with Crippen LogP contribution in [0.4, 0.5) is 0 Å². The van der Waals surface area contributed by atoms with Crippen molar-refractivity contribution in [1.29, 1.82) is 0 Å². The molecule has 0 bridgehead atoms. The van der Waals surface area contributed by atoms with Gasteiger partial charge in [-0.3, -0.25) is 13.8 Å². The zero-order valence-electron chi connectivity index (χ0n) is 37.2. The van der Waals surface area contributed by atoms with E-state index in [1.165, 1.54) is 167 Å². The van der Waals surface area contributed by atoms with Crippen molar-refractivity contribution in [2.24, 2.45) is 5.73 Å². The normalized spacial score (nSPS) is 14.7. The molecular formula is C47H93N2O7P. The number of phosphoric acid groups is 1. The lowest BCUT2D eigenvalue weighted by Crippen LogP contribution is -2.46. The van der Waals surface area contributed by atoms with E-state index in [9.17, 15) is 24.5 Å². The number of amides is 1. The molecule has 6 N–H and O–H groups in total. The Kier molecular flexibility index (Phi) is 42.2. The van der Waals surface area contributed by atoms with Gasteiger partial charge in [-0.2, -0.15) is 0 Å². The van der Waals surface area contributed by atoms with Crippen LogP contribution in [0.1, 0.15) is 232 Å². The summed E-state index contributed by atoms with van der Waals surface area (Å²) in [5.41, 5.74) is 5.37. The van der Waals surface area contributed by atoms with Crippen LogP contribution in [0.15, 0.2) is 24.3 Å². The Labute approximate surface area is 351 Å². The van der Waals surface area contributed by atoms with Crippen molar-refractivity contribution in [3.63, 3.8) is 0 Å². The van der Waals surface area contributed by atoms with E-state index < -0.39 is 38.6 Å². The number of aliphatic hydroxyl groups excluding tert-OH is 2. The van der Waals surface area contributed by atoms with Crippen LogP contribution in [0.25, 0.3) is 0 Å². The van der Waals surface area contributed by atoms with Gasteiger partial charge in [0.1, 0.15) is 0 Å². The van der Waals surface area contributed by atoms with Crippen molar-refractivity contribution >= 4 is 13.7 Å². The highest BCUT2D eigenvalue weighted by Gasteiger charge is 2.27. The molecule has 0 aliphatic rings. The molecule has 0 aliphatic carbocycles. The average molecular weight is 829 g/mol. The number of carbonyl (C=O) groups excluding carboxylic acids is 1. The van der Waals surface area contributed by atoms with Crippen LogP contribution in [0, 0.1) is 0 Å². The first-order valence-electron chi connectivity index (χ1n) is 24.0. The Balaban J connectivity index is 4.29. The van der Waals surface area contributed by atoms with Gasteiger partial charge in [0.15, 0.2) is 0 Å². The van der Waals surface area contributed by atoms with Crippen LogP contribution in [0.3, 0.4) is 0 Å². The monoisotopic (exact) mass is 829 g/mol. The number of nitrogens with one attached hydrogen (secondary N) is 1. The third-order valence-corrected chi connectivity index (χ3v) is 11.8. The molecule has 338 valence electrons. The van der Waals surface area contributed by atoms with Gasteiger partial charge in [-0.15, -0.1) is 0 Å². The molecule has 0 fully saturated rings. The summed E-state index contributed by atoms with van der Waals surface area (Å²) in [5, 5.41) is 24.1. The van der Waals surface area contributed by atoms with Crippen molar-refractivity contribution in [3.05, 3.63) is 24.3 Å². The first-order chi connectivity index (χ1) is 27.8. The quantitative estimate of drug-likeness (QED) is 0.0231. The van der Waals surface area contributed by atoms with E-state index in [4.69, 9.17) is 14.8 Å². The highest BCUT2D eigenvalue weighted by Crippen LogP contribution is 2.43. The number of rotatable bonds is 45. The van der Waals surface area contributed by atoms with Crippen LogP contribution in [-0.2, 0) is 18.4 Å². The number of nitrogens with two attached hydrogens (primary N) is 1. The van der Waals surface area contributed by atoms with E-state index in [1.54, 1.807) is 6.08 Å². The van der Waals surface area contributed by atoms with Crippen molar-refractivity contribution in [2.75, 3.05) is 19.8 Å². The van der Waals surface area contributed by atoms with Crippen LogP contribution in [0.2, 0.25) is 0 Å². The summed E-state index contributed by atoms with van der Waals surface area (Å²) in [6, 6.07) is -0.996. The molecule has 0 aliphatic heterocycles. The maximum absolute atomic E-state index is 12.8. The molecule has 4 unspecified atom stereocenters. The summed E-state index contributed by atoms with van der Waals surface area (Å²) in [6.45, 7) is 3.98. The summed E-state index contributed by atoms with van der Waals surface area (Å²) in [4.78, 5) is 22.8. The molecule has 4 atom stereocenters. The highest BCUT2D eigenvalue weighted by atomic mass is 31.2. The molecule has 0 spiro atoms. The second-order valence-electron chi connectivity index (χ2n) is 16.5. The molecule has 0 aromatic rings. The lowest BCUT2D eigenvalue weighted by molar-refractivity contribution is -0.124. The van der Waals surface area contributed by atoms with Gasteiger partial charge in [0.2, 0.25) is 5.91 Å². The molecule has 1 amide bonds. The Hall–Kier alpha value is -1.06. The van der Waals surface area contributed by atoms with Crippen LogP contribution in [-0.4, -0.2) is 59.0 Å². The van der Waals surface area contributed by atoms with E-state index in [0.717, 1.165) is 32.1 Å². The van der Waals surface area contributed by atoms with E-state index in [-0.39, 0.29) is 19.6 Å². The summed E-state index contributed by atoms with van der Waals surface area (Å²) in [7, 11) is -4.41. The molecule has 0 heterocycles. The summed E-state index contributed by atoms with van der Waals surface area (Å²) in [6.07, 6.45) is 47.0. The third kappa shape index (κ3) is 41.5. The van der Waals surface area contributed by atoms with Crippen LogP contribution in [0.5, 0.6) is 0 Å². The number of allylic oxidation sites excluding steroid dienone is 3. The Morgan fingerprint density at radius 1 is 0.596 bits per heavy atom. The summed E-state index contributed by atoms with van der Waals surface area (Å²) >= 11 is 0. The number of hydrogen-bond acceptors (Lipinski definition) is 7. The van der Waals surface area contributed by atoms with Gasteiger partial charge in [-0.25, -0.2) is 4.57 Å². The van der Waals surface area contributed by atoms with Gasteiger partial charge in [0.25, 0.3) is 0 Å². The molecule has 0 saturated carbocycles. The van der Waals surface area contributed by atoms with Crippen molar-refractivity contribution < 1.29 is 33.5 Å². The summed E-state index contributed by atoms with van der Waals surface area (Å²) in [5.74, 6) is -0.452. The standard InChI is InChI=1S/C47H93N2O7P/c1-3-5-7-9-11-13-15-17-19-21-22-23-25-27-29-31-33-35-37-39-46(51)45(43-56-57(53,54)55-41-40-48)49-47(52)42-44(50)38-36-34-32-30-28-26-24-20-18-16-14-12-10-8-6-4-2/h29,31,37,39,44-46,50-51H,3-28,30,32-36,38,40-43,48H2,1-2H3,(H,49,52)(H,53,54)/b31-29+,39-37+. The Morgan fingerprint density at radius 2 is 1.00 bits per heavy atom. The molecule has 10 heteroatoms. The largest absolute Gasteiger partial charge is 0.472 e. The fourth-order valence-electron chi connectivity index (χ4n) is 7.19. The molecule has 57 heavy (non-hydrogen) atoms. The topological polar surface area (TPSA) is 151 Å². The van der Waals surface area contributed by atoms with Crippen molar-refractivity contribution in [2.45, 2.75) is 250 Å². The van der Waals surface area contributed by atoms with Gasteiger partial charge in [0.05, 0.1) is 37.9 Å². The number of aliphatic hydroxyl groups is 2. The Morgan fingerprint density at radius 3 is 1.46 bits per heavy atom. The first-order valence-corrected chi connectivity index (χ1v) is 25.5. The lowest BCUT2D eigenvalue weighted by atomic mass is 10.0. The van der Waals surface area contributed by atoms with Gasteiger partial charge in [-0.05, 0) is 32.1 Å². The second kappa shape index (κ2) is 43.0. The number of hydrogen-bond donors (Lipinski definition) is 5.